The average Bonchev–Trinajstić information content (AvgIpc) is 2.56. The maximum atomic E-state index is 11.2. The summed E-state index contributed by atoms with van der Waals surface area (Å²) in [5, 5.41) is 2.75. The van der Waals surface area contributed by atoms with Gasteiger partial charge in [-0.25, -0.2) is 0 Å². The number of methoxy groups -OCH3 is 2. The zero-order chi connectivity index (χ0) is 10.1. The summed E-state index contributed by atoms with van der Waals surface area (Å²) in [5.41, 5.74) is 1.68. The molecule has 0 saturated heterocycles. The smallest absolute Gasteiger partial charge is 0.228 e. The van der Waals surface area contributed by atoms with E-state index in [0.29, 0.717) is 17.9 Å². The molecule has 1 aliphatic rings. The maximum absolute atomic E-state index is 11.2. The summed E-state index contributed by atoms with van der Waals surface area (Å²) in [6, 6.07) is 3.67. The van der Waals surface area contributed by atoms with E-state index in [1.165, 1.54) is 0 Å². The second-order valence-electron chi connectivity index (χ2n) is 3.06. The Bertz CT molecular complexity index is 387. The van der Waals surface area contributed by atoms with Crippen LogP contribution in [0.2, 0.25) is 0 Å². The summed E-state index contributed by atoms with van der Waals surface area (Å²) in [6.45, 7) is 0. The molecular formula is C10H11NO3. The first-order valence-electron chi connectivity index (χ1n) is 4.30. The molecule has 1 aliphatic heterocycles. The van der Waals surface area contributed by atoms with Gasteiger partial charge in [0.25, 0.3) is 0 Å². The topological polar surface area (TPSA) is 47.6 Å². The van der Waals surface area contributed by atoms with Crippen LogP contribution in [0.3, 0.4) is 0 Å². The van der Waals surface area contributed by atoms with E-state index in [9.17, 15) is 4.79 Å². The lowest BCUT2D eigenvalue weighted by Gasteiger charge is -2.11. The molecule has 1 N–H and O–H groups in total. The highest BCUT2D eigenvalue weighted by Gasteiger charge is 2.23. The highest BCUT2D eigenvalue weighted by molar-refractivity contribution is 6.01. The molecule has 0 fully saturated rings. The third-order valence-electron chi connectivity index (χ3n) is 2.25. The molecule has 0 atom stereocenters. The van der Waals surface area contributed by atoms with E-state index in [1.807, 2.05) is 6.07 Å². The van der Waals surface area contributed by atoms with Gasteiger partial charge in [-0.1, -0.05) is 6.07 Å². The van der Waals surface area contributed by atoms with E-state index < -0.39 is 0 Å². The monoisotopic (exact) mass is 193 g/mol. The third kappa shape index (κ3) is 1.19. The molecule has 14 heavy (non-hydrogen) atoms. The molecule has 1 aromatic rings. The summed E-state index contributed by atoms with van der Waals surface area (Å²) in [7, 11) is 3.13. The van der Waals surface area contributed by atoms with E-state index >= 15 is 0 Å². The van der Waals surface area contributed by atoms with Crippen molar-refractivity contribution in [1.82, 2.24) is 0 Å². The predicted octanol–water partition coefficient (Wildman–Crippen LogP) is 1.20. The Morgan fingerprint density at radius 3 is 2.71 bits per heavy atom. The zero-order valence-electron chi connectivity index (χ0n) is 8.09. The lowest BCUT2D eigenvalue weighted by molar-refractivity contribution is -0.115. The van der Waals surface area contributed by atoms with Crippen molar-refractivity contribution < 1.29 is 14.3 Å². The minimum Gasteiger partial charge on any atom is -0.493 e. The van der Waals surface area contributed by atoms with E-state index in [-0.39, 0.29) is 5.91 Å². The number of amides is 1. The van der Waals surface area contributed by atoms with E-state index in [1.54, 1.807) is 20.3 Å². The molecular weight excluding hydrogens is 182 g/mol. The van der Waals surface area contributed by atoms with Gasteiger partial charge in [-0.15, -0.1) is 0 Å². The first-order valence-corrected chi connectivity index (χ1v) is 4.30. The Kier molecular flexibility index (Phi) is 2.04. The number of nitrogens with one attached hydrogen (secondary N) is 1. The molecule has 2 rings (SSSR count). The molecule has 1 amide bonds. The molecule has 0 bridgehead atoms. The van der Waals surface area contributed by atoms with Gasteiger partial charge in [-0.2, -0.15) is 0 Å². The van der Waals surface area contributed by atoms with Gasteiger partial charge in [-0.3, -0.25) is 4.79 Å². The molecule has 0 radical (unpaired) electrons. The highest BCUT2D eigenvalue weighted by atomic mass is 16.5. The van der Waals surface area contributed by atoms with Crippen LogP contribution in [0, 0.1) is 0 Å². The molecule has 0 saturated carbocycles. The van der Waals surface area contributed by atoms with Crippen LogP contribution >= 0.6 is 0 Å². The fourth-order valence-electron chi connectivity index (χ4n) is 1.61. The van der Waals surface area contributed by atoms with Crippen molar-refractivity contribution in [3.05, 3.63) is 17.7 Å². The zero-order valence-corrected chi connectivity index (χ0v) is 8.09. The van der Waals surface area contributed by atoms with Gasteiger partial charge in [0.05, 0.1) is 26.3 Å². The number of hydrogen-bond donors (Lipinski definition) is 1. The second kappa shape index (κ2) is 3.21. The minimum absolute atomic E-state index is 0.00782. The van der Waals surface area contributed by atoms with Crippen LogP contribution in [-0.4, -0.2) is 20.1 Å². The van der Waals surface area contributed by atoms with Crippen molar-refractivity contribution in [2.45, 2.75) is 6.42 Å². The Balaban J connectivity index is 2.54. The number of benzene rings is 1. The maximum Gasteiger partial charge on any atom is 0.228 e. The van der Waals surface area contributed by atoms with Crippen LogP contribution in [0.25, 0.3) is 0 Å². The van der Waals surface area contributed by atoms with Crippen LogP contribution in [0.1, 0.15) is 5.56 Å². The van der Waals surface area contributed by atoms with Crippen molar-refractivity contribution in [2.75, 3.05) is 19.5 Å². The Morgan fingerprint density at radius 2 is 2.07 bits per heavy atom. The van der Waals surface area contributed by atoms with E-state index in [0.717, 1.165) is 11.3 Å². The van der Waals surface area contributed by atoms with Crippen molar-refractivity contribution in [3.63, 3.8) is 0 Å². The van der Waals surface area contributed by atoms with Crippen LogP contribution < -0.4 is 14.8 Å². The molecule has 74 valence electrons. The summed E-state index contributed by atoms with van der Waals surface area (Å²) in [5.74, 6) is 1.22. The highest BCUT2D eigenvalue weighted by Crippen LogP contribution is 2.40. The number of ether oxygens (including phenoxy) is 2. The summed E-state index contributed by atoms with van der Waals surface area (Å²) >= 11 is 0. The average molecular weight is 193 g/mol. The van der Waals surface area contributed by atoms with E-state index in [4.69, 9.17) is 9.47 Å². The Labute approximate surface area is 81.8 Å². The van der Waals surface area contributed by atoms with E-state index in [2.05, 4.69) is 5.32 Å². The second-order valence-corrected chi connectivity index (χ2v) is 3.06. The van der Waals surface area contributed by atoms with Crippen LogP contribution in [0.4, 0.5) is 5.69 Å². The molecule has 0 aromatic heterocycles. The van der Waals surface area contributed by atoms with Crippen molar-refractivity contribution in [3.8, 4) is 11.5 Å². The van der Waals surface area contributed by atoms with Gasteiger partial charge < -0.3 is 14.8 Å². The number of rotatable bonds is 2. The fourth-order valence-corrected chi connectivity index (χ4v) is 1.61. The van der Waals surface area contributed by atoms with Gasteiger partial charge in [0.2, 0.25) is 5.91 Å². The number of fused-ring (bicyclic) bond motifs is 1. The Morgan fingerprint density at radius 1 is 1.29 bits per heavy atom. The minimum atomic E-state index is -0.00782. The van der Waals surface area contributed by atoms with Crippen LogP contribution in [-0.2, 0) is 11.2 Å². The largest absolute Gasteiger partial charge is 0.493 e. The van der Waals surface area contributed by atoms with Crippen LogP contribution in [0.5, 0.6) is 11.5 Å². The van der Waals surface area contributed by atoms with Crippen molar-refractivity contribution in [1.29, 1.82) is 0 Å². The van der Waals surface area contributed by atoms with Gasteiger partial charge in [0.1, 0.15) is 0 Å². The number of anilines is 1. The summed E-state index contributed by atoms with van der Waals surface area (Å²) < 4.78 is 10.3. The number of carbonyl (C=O) groups excluding carboxylic acids is 1. The Hall–Kier alpha value is -1.71. The lowest BCUT2D eigenvalue weighted by Crippen LogP contribution is -2.04. The lowest BCUT2D eigenvalue weighted by atomic mass is 10.1. The van der Waals surface area contributed by atoms with Crippen molar-refractivity contribution in [2.24, 2.45) is 0 Å². The third-order valence-corrected chi connectivity index (χ3v) is 2.25. The normalized spacial score (nSPS) is 13.4. The van der Waals surface area contributed by atoms with Crippen LogP contribution in [0.15, 0.2) is 12.1 Å². The van der Waals surface area contributed by atoms with Gasteiger partial charge >= 0.3 is 0 Å². The predicted molar refractivity (Wildman–Crippen MR) is 51.9 cm³/mol. The summed E-state index contributed by atoms with van der Waals surface area (Å²) in [6.07, 6.45) is 0.412. The molecule has 0 unspecified atom stereocenters. The summed E-state index contributed by atoms with van der Waals surface area (Å²) in [4.78, 5) is 11.2. The molecule has 0 aliphatic carbocycles. The van der Waals surface area contributed by atoms with Crippen molar-refractivity contribution >= 4 is 11.6 Å². The number of hydrogen-bond acceptors (Lipinski definition) is 3. The molecule has 4 heteroatoms. The molecule has 1 aromatic carbocycles. The molecule has 0 spiro atoms. The first kappa shape index (κ1) is 8.87. The van der Waals surface area contributed by atoms with Gasteiger partial charge in [0, 0.05) is 0 Å². The fraction of sp³-hybridized carbons (Fsp3) is 0.300. The quantitative estimate of drug-likeness (QED) is 0.767. The molecule has 4 nitrogen and oxygen atoms in total. The first-order chi connectivity index (χ1) is 6.76. The van der Waals surface area contributed by atoms with Gasteiger partial charge in [0.15, 0.2) is 11.5 Å². The molecule has 1 heterocycles. The SMILES string of the molecule is COc1ccc2c(c1OC)NC(=O)C2. The standard InChI is InChI=1S/C10H11NO3/c1-13-7-4-3-6-5-8(12)11-9(6)10(7)14-2/h3-4H,5H2,1-2H3,(H,11,12). The van der Waals surface area contributed by atoms with Gasteiger partial charge in [-0.05, 0) is 11.6 Å². The number of carbonyl (C=O) groups is 1.